The Bertz CT molecular complexity index is 704. The number of hydrogen-bond donors (Lipinski definition) is 0. The molecule has 1 aromatic heterocycles. The Morgan fingerprint density at radius 2 is 2.10 bits per heavy atom. The number of carbonyl (C=O) groups excluding carboxylic acids is 2. The molecule has 6 heteroatoms. The molecule has 1 saturated heterocycles. The zero-order chi connectivity index (χ0) is 14.8. The molecule has 1 aromatic carbocycles. The lowest BCUT2D eigenvalue weighted by atomic mass is 10.1. The number of fused-ring (bicyclic) bond motifs is 1. The van der Waals surface area contributed by atoms with Crippen LogP contribution in [0.1, 0.15) is 13.3 Å². The largest absolute Gasteiger partial charge is 0.312 e. The third-order valence-corrected chi connectivity index (χ3v) is 4.54. The van der Waals surface area contributed by atoms with Gasteiger partial charge in [-0.1, -0.05) is 11.8 Å². The minimum absolute atomic E-state index is 0.0990. The Balaban J connectivity index is 1.79. The van der Waals surface area contributed by atoms with Crippen LogP contribution in [0.2, 0.25) is 0 Å². The van der Waals surface area contributed by atoms with Gasteiger partial charge < -0.3 is 4.90 Å². The molecular weight excluding hydrogens is 286 g/mol. The number of anilines is 1. The molecule has 2 aromatic rings. The number of rotatable bonds is 3. The van der Waals surface area contributed by atoms with Crippen molar-refractivity contribution in [1.29, 1.82) is 0 Å². The van der Waals surface area contributed by atoms with E-state index in [-0.39, 0.29) is 16.9 Å². The van der Waals surface area contributed by atoms with Gasteiger partial charge in [0.25, 0.3) is 0 Å². The van der Waals surface area contributed by atoms with Crippen LogP contribution in [0.15, 0.2) is 30.6 Å². The smallest absolute Gasteiger partial charge is 0.227 e. The molecule has 108 valence electrons. The molecule has 0 bridgehead atoms. The second-order valence-corrected chi connectivity index (χ2v) is 6.30. The fourth-order valence-electron chi connectivity index (χ4n) is 2.50. The SMILES string of the molecule is CC(=O)SCC1CC(=O)N(c2ccc3nccnc3c2)C1. The molecule has 21 heavy (non-hydrogen) atoms. The topological polar surface area (TPSA) is 63.2 Å². The van der Waals surface area contributed by atoms with Crippen molar-refractivity contribution < 1.29 is 9.59 Å². The fourth-order valence-corrected chi connectivity index (χ4v) is 3.19. The van der Waals surface area contributed by atoms with E-state index in [0.29, 0.717) is 18.7 Å². The van der Waals surface area contributed by atoms with Crippen molar-refractivity contribution in [3.8, 4) is 0 Å². The van der Waals surface area contributed by atoms with E-state index in [9.17, 15) is 9.59 Å². The molecule has 0 saturated carbocycles. The summed E-state index contributed by atoms with van der Waals surface area (Å²) in [5.41, 5.74) is 2.45. The second kappa shape index (κ2) is 5.81. The summed E-state index contributed by atoms with van der Waals surface area (Å²) < 4.78 is 0. The second-order valence-electron chi connectivity index (χ2n) is 5.11. The van der Waals surface area contributed by atoms with Crippen LogP contribution in [0, 0.1) is 5.92 Å². The van der Waals surface area contributed by atoms with Gasteiger partial charge >= 0.3 is 0 Å². The van der Waals surface area contributed by atoms with Crippen molar-refractivity contribution in [2.45, 2.75) is 13.3 Å². The fraction of sp³-hybridized carbons (Fsp3) is 0.333. The highest BCUT2D eigenvalue weighted by Gasteiger charge is 2.30. The Kier molecular flexibility index (Phi) is 3.88. The van der Waals surface area contributed by atoms with Gasteiger partial charge in [0.2, 0.25) is 5.91 Å². The first-order chi connectivity index (χ1) is 10.1. The van der Waals surface area contributed by atoms with Crippen LogP contribution in [0.3, 0.4) is 0 Å². The zero-order valence-electron chi connectivity index (χ0n) is 11.7. The zero-order valence-corrected chi connectivity index (χ0v) is 12.5. The molecular formula is C15H15N3O2S. The summed E-state index contributed by atoms with van der Waals surface area (Å²) in [7, 11) is 0. The lowest BCUT2D eigenvalue weighted by molar-refractivity contribution is -0.117. The van der Waals surface area contributed by atoms with Crippen LogP contribution < -0.4 is 4.90 Å². The lowest BCUT2D eigenvalue weighted by Crippen LogP contribution is -2.24. The van der Waals surface area contributed by atoms with Crippen LogP contribution in [0.25, 0.3) is 11.0 Å². The van der Waals surface area contributed by atoms with E-state index in [2.05, 4.69) is 9.97 Å². The van der Waals surface area contributed by atoms with Crippen molar-refractivity contribution in [2.24, 2.45) is 5.92 Å². The number of amides is 1. The molecule has 3 rings (SSSR count). The molecule has 0 radical (unpaired) electrons. The molecule has 1 amide bonds. The number of benzene rings is 1. The lowest BCUT2D eigenvalue weighted by Gasteiger charge is -2.17. The highest BCUT2D eigenvalue weighted by Crippen LogP contribution is 2.28. The van der Waals surface area contributed by atoms with Gasteiger partial charge in [0.15, 0.2) is 5.12 Å². The Morgan fingerprint density at radius 3 is 2.86 bits per heavy atom. The van der Waals surface area contributed by atoms with Crippen molar-refractivity contribution in [3.63, 3.8) is 0 Å². The predicted octanol–water partition coefficient (Wildman–Crippen LogP) is 2.26. The van der Waals surface area contributed by atoms with E-state index >= 15 is 0 Å². The third kappa shape index (κ3) is 3.05. The molecule has 1 aliphatic rings. The summed E-state index contributed by atoms with van der Waals surface area (Å²) in [5, 5.41) is 0.0990. The molecule has 1 aliphatic heterocycles. The first-order valence-electron chi connectivity index (χ1n) is 6.78. The van der Waals surface area contributed by atoms with E-state index in [4.69, 9.17) is 0 Å². The molecule has 1 fully saturated rings. The van der Waals surface area contributed by atoms with Gasteiger partial charge in [-0.15, -0.1) is 0 Å². The first kappa shape index (κ1) is 14.0. The predicted molar refractivity (Wildman–Crippen MR) is 83.1 cm³/mol. The minimum Gasteiger partial charge on any atom is -0.312 e. The van der Waals surface area contributed by atoms with Crippen LogP contribution in [0.5, 0.6) is 0 Å². The molecule has 0 aliphatic carbocycles. The van der Waals surface area contributed by atoms with Gasteiger partial charge in [-0.2, -0.15) is 0 Å². The van der Waals surface area contributed by atoms with Crippen molar-refractivity contribution in [1.82, 2.24) is 9.97 Å². The van der Waals surface area contributed by atoms with E-state index in [0.717, 1.165) is 16.7 Å². The number of hydrogen-bond acceptors (Lipinski definition) is 5. The van der Waals surface area contributed by atoms with Crippen molar-refractivity contribution in [2.75, 3.05) is 17.2 Å². The Labute approximate surface area is 126 Å². The van der Waals surface area contributed by atoms with Gasteiger partial charge in [-0.05, 0) is 24.1 Å². The minimum atomic E-state index is 0.0990. The summed E-state index contributed by atoms with van der Waals surface area (Å²) in [6.07, 6.45) is 3.79. The van der Waals surface area contributed by atoms with Crippen LogP contribution >= 0.6 is 11.8 Å². The summed E-state index contributed by atoms with van der Waals surface area (Å²) in [6.45, 7) is 2.21. The van der Waals surface area contributed by atoms with Gasteiger partial charge in [0, 0.05) is 43.7 Å². The van der Waals surface area contributed by atoms with Gasteiger partial charge in [0.05, 0.1) is 11.0 Å². The summed E-state index contributed by atoms with van der Waals surface area (Å²) in [6, 6.07) is 5.67. The van der Waals surface area contributed by atoms with Gasteiger partial charge in [-0.3, -0.25) is 19.6 Å². The highest BCUT2D eigenvalue weighted by atomic mass is 32.2. The maximum atomic E-state index is 12.2. The average Bonchev–Trinajstić information content (AvgIpc) is 2.86. The summed E-state index contributed by atoms with van der Waals surface area (Å²) in [5.74, 6) is 1.03. The maximum absolute atomic E-state index is 12.2. The van der Waals surface area contributed by atoms with E-state index in [1.807, 2.05) is 18.2 Å². The maximum Gasteiger partial charge on any atom is 0.227 e. The molecule has 0 N–H and O–H groups in total. The summed E-state index contributed by atoms with van der Waals surface area (Å²) >= 11 is 1.29. The summed E-state index contributed by atoms with van der Waals surface area (Å²) in [4.78, 5) is 33.5. The van der Waals surface area contributed by atoms with Gasteiger partial charge in [0.1, 0.15) is 0 Å². The van der Waals surface area contributed by atoms with E-state index < -0.39 is 0 Å². The van der Waals surface area contributed by atoms with Crippen LogP contribution in [-0.2, 0) is 9.59 Å². The number of carbonyl (C=O) groups is 2. The third-order valence-electron chi connectivity index (χ3n) is 3.49. The number of nitrogens with zero attached hydrogens (tertiary/aromatic N) is 3. The molecule has 1 atom stereocenters. The van der Waals surface area contributed by atoms with Crippen molar-refractivity contribution >= 4 is 39.5 Å². The first-order valence-corrected chi connectivity index (χ1v) is 7.76. The van der Waals surface area contributed by atoms with E-state index in [1.54, 1.807) is 24.2 Å². The average molecular weight is 301 g/mol. The Morgan fingerprint density at radius 1 is 1.33 bits per heavy atom. The highest BCUT2D eigenvalue weighted by molar-refractivity contribution is 8.13. The molecule has 2 heterocycles. The molecule has 0 spiro atoms. The Hall–Kier alpha value is -1.95. The number of aromatic nitrogens is 2. The molecule has 1 unspecified atom stereocenters. The van der Waals surface area contributed by atoms with Crippen LogP contribution in [0.4, 0.5) is 5.69 Å². The van der Waals surface area contributed by atoms with Crippen molar-refractivity contribution in [3.05, 3.63) is 30.6 Å². The molecule has 5 nitrogen and oxygen atoms in total. The number of thioether (sulfide) groups is 1. The standard InChI is InChI=1S/C15H15N3O2S/c1-10(19)21-9-11-6-15(20)18(8-11)12-2-3-13-14(7-12)17-5-4-16-13/h2-5,7,11H,6,8-9H2,1H3. The van der Waals surface area contributed by atoms with Gasteiger partial charge in [-0.25, -0.2) is 0 Å². The van der Waals surface area contributed by atoms with Crippen LogP contribution in [-0.4, -0.2) is 33.3 Å². The normalized spacial score (nSPS) is 18.4. The van der Waals surface area contributed by atoms with E-state index in [1.165, 1.54) is 11.8 Å². The monoisotopic (exact) mass is 301 g/mol. The quantitative estimate of drug-likeness (QED) is 0.870.